The molecule has 0 bridgehead atoms. The zero-order valence-electron chi connectivity index (χ0n) is 12.6. The van der Waals surface area contributed by atoms with Crippen molar-refractivity contribution in [1.29, 1.82) is 0 Å². The molecule has 1 atom stereocenters. The van der Waals surface area contributed by atoms with Crippen molar-refractivity contribution < 1.29 is 4.42 Å². The SMILES string of the molecule is c1ccc(CC[C@H]2CCCN2c2nc3ccccc3o2)cc1. The van der Waals surface area contributed by atoms with Gasteiger partial charge in [-0.1, -0.05) is 42.5 Å². The number of fused-ring (bicyclic) bond motifs is 1. The molecule has 2 aromatic carbocycles. The van der Waals surface area contributed by atoms with Crippen molar-refractivity contribution in [2.45, 2.75) is 31.7 Å². The van der Waals surface area contributed by atoms with Gasteiger partial charge in [-0.2, -0.15) is 4.98 Å². The first kappa shape index (κ1) is 13.4. The zero-order chi connectivity index (χ0) is 14.8. The molecule has 3 nitrogen and oxygen atoms in total. The summed E-state index contributed by atoms with van der Waals surface area (Å²) in [7, 11) is 0. The van der Waals surface area contributed by atoms with Crippen LogP contribution in [0.3, 0.4) is 0 Å². The molecular weight excluding hydrogens is 272 g/mol. The number of aromatic nitrogens is 1. The summed E-state index contributed by atoms with van der Waals surface area (Å²) in [5.74, 6) is 0. The number of para-hydroxylation sites is 2. The molecule has 0 N–H and O–H groups in total. The molecule has 0 amide bonds. The van der Waals surface area contributed by atoms with Gasteiger partial charge in [-0.25, -0.2) is 0 Å². The van der Waals surface area contributed by atoms with Crippen LogP contribution in [0.15, 0.2) is 59.0 Å². The Morgan fingerprint density at radius 1 is 1.05 bits per heavy atom. The molecule has 1 aliphatic heterocycles. The molecule has 112 valence electrons. The molecule has 3 heteroatoms. The first-order valence-corrected chi connectivity index (χ1v) is 8.06. The van der Waals surface area contributed by atoms with Crippen molar-refractivity contribution in [1.82, 2.24) is 4.98 Å². The Hall–Kier alpha value is -2.29. The molecule has 0 spiro atoms. The summed E-state index contributed by atoms with van der Waals surface area (Å²) in [5.41, 5.74) is 3.24. The number of oxazole rings is 1. The van der Waals surface area contributed by atoms with Gasteiger partial charge in [0.15, 0.2) is 5.58 Å². The van der Waals surface area contributed by atoms with E-state index in [0.29, 0.717) is 6.04 Å². The number of rotatable bonds is 4. The van der Waals surface area contributed by atoms with Crippen LogP contribution in [0, 0.1) is 0 Å². The van der Waals surface area contributed by atoms with Gasteiger partial charge in [-0.3, -0.25) is 0 Å². The predicted octanol–water partition coefficient (Wildman–Crippen LogP) is 4.43. The Morgan fingerprint density at radius 2 is 1.86 bits per heavy atom. The van der Waals surface area contributed by atoms with E-state index in [2.05, 4.69) is 40.2 Å². The van der Waals surface area contributed by atoms with Crippen molar-refractivity contribution in [3.8, 4) is 0 Å². The van der Waals surface area contributed by atoms with Crippen molar-refractivity contribution in [3.63, 3.8) is 0 Å². The van der Waals surface area contributed by atoms with Gasteiger partial charge in [-0.15, -0.1) is 0 Å². The summed E-state index contributed by atoms with van der Waals surface area (Å²) in [6, 6.07) is 20.0. The molecule has 1 fully saturated rings. The Labute approximate surface area is 130 Å². The summed E-state index contributed by atoms with van der Waals surface area (Å²) in [4.78, 5) is 7.01. The van der Waals surface area contributed by atoms with Crippen LogP contribution < -0.4 is 4.90 Å². The monoisotopic (exact) mass is 292 g/mol. The first-order valence-electron chi connectivity index (χ1n) is 8.06. The normalized spacial score (nSPS) is 18.2. The Bertz CT molecular complexity index is 717. The highest BCUT2D eigenvalue weighted by Gasteiger charge is 2.27. The molecule has 0 saturated carbocycles. The van der Waals surface area contributed by atoms with E-state index in [9.17, 15) is 0 Å². The number of anilines is 1. The van der Waals surface area contributed by atoms with Gasteiger partial charge in [0.1, 0.15) is 5.52 Å². The average Bonchev–Trinajstić information content (AvgIpc) is 3.20. The van der Waals surface area contributed by atoms with E-state index in [-0.39, 0.29) is 0 Å². The van der Waals surface area contributed by atoms with Gasteiger partial charge in [0.05, 0.1) is 0 Å². The van der Waals surface area contributed by atoms with Crippen LogP contribution in [0.2, 0.25) is 0 Å². The highest BCUT2D eigenvalue weighted by Crippen LogP contribution is 2.30. The van der Waals surface area contributed by atoms with Gasteiger partial charge < -0.3 is 9.32 Å². The van der Waals surface area contributed by atoms with Crippen LogP contribution in [0.1, 0.15) is 24.8 Å². The predicted molar refractivity (Wildman–Crippen MR) is 89.1 cm³/mol. The van der Waals surface area contributed by atoms with Crippen LogP contribution in [0.5, 0.6) is 0 Å². The summed E-state index contributed by atoms with van der Waals surface area (Å²) < 4.78 is 5.95. The molecule has 3 aromatic rings. The van der Waals surface area contributed by atoms with Crippen molar-refractivity contribution in [2.75, 3.05) is 11.4 Å². The Morgan fingerprint density at radius 3 is 2.73 bits per heavy atom. The third-order valence-electron chi connectivity index (χ3n) is 4.51. The summed E-state index contributed by atoms with van der Waals surface area (Å²) in [5, 5.41) is 0. The summed E-state index contributed by atoms with van der Waals surface area (Å²) >= 11 is 0. The number of benzene rings is 2. The molecule has 1 aromatic heterocycles. The standard InChI is InChI=1S/C19H20N2O/c1-2-7-15(8-3-1)12-13-16-9-6-14-21(16)19-20-17-10-4-5-11-18(17)22-19/h1-5,7-8,10-11,16H,6,9,12-14H2/t16-/m1/s1. The first-order chi connectivity index (χ1) is 10.9. The smallest absolute Gasteiger partial charge is 0.298 e. The minimum absolute atomic E-state index is 0.535. The molecule has 1 aliphatic rings. The highest BCUT2D eigenvalue weighted by molar-refractivity contribution is 5.74. The van der Waals surface area contributed by atoms with Crippen molar-refractivity contribution in [3.05, 3.63) is 60.2 Å². The lowest BCUT2D eigenvalue weighted by molar-refractivity contribution is 0.531. The van der Waals surface area contributed by atoms with Gasteiger partial charge in [0.2, 0.25) is 0 Å². The van der Waals surface area contributed by atoms with Crippen molar-refractivity contribution >= 4 is 17.1 Å². The van der Waals surface area contributed by atoms with E-state index < -0.39 is 0 Å². The third kappa shape index (κ3) is 2.59. The maximum absolute atomic E-state index is 5.95. The fourth-order valence-corrected chi connectivity index (χ4v) is 3.35. The Balaban J connectivity index is 1.50. The highest BCUT2D eigenvalue weighted by atomic mass is 16.4. The second kappa shape index (κ2) is 5.84. The van der Waals surface area contributed by atoms with Gasteiger partial charge in [0.25, 0.3) is 6.01 Å². The molecule has 4 rings (SSSR count). The molecule has 0 unspecified atom stereocenters. The van der Waals surface area contributed by atoms with Gasteiger partial charge >= 0.3 is 0 Å². The fraction of sp³-hybridized carbons (Fsp3) is 0.316. The second-order valence-corrected chi connectivity index (χ2v) is 5.98. The lowest BCUT2D eigenvalue weighted by atomic mass is 10.0. The van der Waals surface area contributed by atoms with Gasteiger partial charge in [-0.05, 0) is 43.4 Å². The van der Waals surface area contributed by atoms with Gasteiger partial charge in [0, 0.05) is 12.6 Å². The topological polar surface area (TPSA) is 29.3 Å². The van der Waals surface area contributed by atoms with E-state index in [1.54, 1.807) is 0 Å². The summed E-state index contributed by atoms with van der Waals surface area (Å²) in [6.45, 7) is 1.05. The quantitative estimate of drug-likeness (QED) is 0.712. The van der Waals surface area contributed by atoms with E-state index >= 15 is 0 Å². The van der Waals surface area contributed by atoms with Crippen LogP contribution >= 0.6 is 0 Å². The van der Waals surface area contributed by atoms with Crippen LogP contribution in [-0.4, -0.2) is 17.6 Å². The van der Waals surface area contributed by atoms with Crippen LogP contribution in [0.4, 0.5) is 6.01 Å². The minimum Gasteiger partial charge on any atom is -0.423 e. The fourth-order valence-electron chi connectivity index (χ4n) is 3.35. The van der Waals surface area contributed by atoms with E-state index in [4.69, 9.17) is 4.42 Å². The molecule has 2 heterocycles. The molecule has 1 saturated heterocycles. The lowest BCUT2D eigenvalue weighted by Crippen LogP contribution is -2.29. The van der Waals surface area contributed by atoms with E-state index in [1.165, 1.54) is 18.4 Å². The number of aryl methyl sites for hydroxylation is 1. The molecule has 22 heavy (non-hydrogen) atoms. The number of hydrogen-bond acceptors (Lipinski definition) is 3. The lowest BCUT2D eigenvalue weighted by Gasteiger charge is -2.22. The van der Waals surface area contributed by atoms with Crippen LogP contribution in [-0.2, 0) is 6.42 Å². The maximum Gasteiger partial charge on any atom is 0.298 e. The maximum atomic E-state index is 5.95. The van der Waals surface area contributed by atoms with Crippen molar-refractivity contribution in [2.24, 2.45) is 0 Å². The zero-order valence-corrected chi connectivity index (χ0v) is 12.6. The van der Waals surface area contributed by atoms with E-state index in [1.807, 2.05) is 24.3 Å². The number of nitrogens with zero attached hydrogens (tertiary/aromatic N) is 2. The molecule has 0 aliphatic carbocycles. The third-order valence-corrected chi connectivity index (χ3v) is 4.51. The molecule has 0 radical (unpaired) electrons. The van der Waals surface area contributed by atoms with Crippen LogP contribution in [0.25, 0.3) is 11.1 Å². The minimum atomic E-state index is 0.535. The van der Waals surface area contributed by atoms with E-state index in [0.717, 1.165) is 36.5 Å². The second-order valence-electron chi connectivity index (χ2n) is 5.98. The number of hydrogen-bond donors (Lipinski definition) is 0. The summed E-state index contributed by atoms with van der Waals surface area (Å²) in [6.07, 6.45) is 4.72. The average molecular weight is 292 g/mol. The molecular formula is C19H20N2O. The largest absolute Gasteiger partial charge is 0.423 e. The Kier molecular flexibility index (Phi) is 3.55.